The molecule has 1 atom stereocenters. The Labute approximate surface area is 192 Å². The number of aromatic nitrogens is 2. The van der Waals surface area contributed by atoms with Gasteiger partial charge in [0.1, 0.15) is 5.60 Å². The number of carbonyl (C=O) groups is 2. The van der Waals surface area contributed by atoms with Gasteiger partial charge in [0.15, 0.2) is 5.82 Å². The highest BCUT2D eigenvalue weighted by atomic mass is 16.6. The van der Waals surface area contributed by atoms with E-state index in [1.54, 1.807) is 18.9 Å². The number of carbonyl (C=O) groups excluding carboxylic acids is 2. The molecule has 0 radical (unpaired) electrons. The van der Waals surface area contributed by atoms with Crippen LogP contribution in [0.2, 0.25) is 0 Å². The molecule has 0 N–H and O–H groups in total. The van der Waals surface area contributed by atoms with Crippen molar-refractivity contribution >= 4 is 11.9 Å². The molecule has 1 saturated carbocycles. The Balaban J connectivity index is 1.97. The summed E-state index contributed by atoms with van der Waals surface area (Å²) in [5, 5.41) is 4.08. The van der Waals surface area contributed by atoms with Crippen molar-refractivity contribution in [2.45, 2.75) is 104 Å². The Kier molecular flexibility index (Phi) is 10.6. The van der Waals surface area contributed by atoms with E-state index < -0.39 is 5.60 Å². The highest BCUT2D eigenvalue weighted by molar-refractivity contribution is 5.71. The molecule has 1 aliphatic carbocycles. The molecule has 0 spiro atoms. The molecule has 1 fully saturated rings. The van der Waals surface area contributed by atoms with Crippen molar-refractivity contribution in [1.29, 1.82) is 0 Å². The van der Waals surface area contributed by atoms with E-state index in [0.29, 0.717) is 24.9 Å². The summed E-state index contributed by atoms with van der Waals surface area (Å²) >= 11 is 0. The minimum absolute atomic E-state index is 0.153. The van der Waals surface area contributed by atoms with Gasteiger partial charge < -0.3 is 14.0 Å². The van der Waals surface area contributed by atoms with Crippen LogP contribution in [0, 0.1) is 5.92 Å². The van der Waals surface area contributed by atoms with Crippen LogP contribution in [0.1, 0.15) is 103 Å². The van der Waals surface area contributed by atoms with Crippen LogP contribution >= 0.6 is 0 Å². The number of rotatable bonds is 12. The number of likely N-dealkylation sites (N-methyl/N-ethyl adjacent to an activating group) is 1. The Morgan fingerprint density at radius 1 is 1.19 bits per heavy atom. The first-order valence-electron chi connectivity index (χ1n) is 12.0. The lowest BCUT2D eigenvalue weighted by atomic mass is 9.84. The van der Waals surface area contributed by atoms with Crippen molar-refractivity contribution < 1.29 is 23.6 Å². The first kappa shape index (κ1) is 26.3. The molecule has 0 amide bonds. The van der Waals surface area contributed by atoms with Gasteiger partial charge in [0.25, 0.3) is 0 Å². The van der Waals surface area contributed by atoms with Gasteiger partial charge in [0.05, 0.1) is 26.1 Å². The molecule has 8 nitrogen and oxygen atoms in total. The van der Waals surface area contributed by atoms with Gasteiger partial charge in [0.2, 0.25) is 5.89 Å². The van der Waals surface area contributed by atoms with Crippen LogP contribution in [-0.2, 0) is 25.6 Å². The van der Waals surface area contributed by atoms with Crippen LogP contribution in [0.5, 0.6) is 0 Å². The fourth-order valence-electron chi connectivity index (χ4n) is 4.25. The molecule has 0 unspecified atom stereocenters. The lowest BCUT2D eigenvalue weighted by Gasteiger charge is -2.23. The molecule has 0 saturated heterocycles. The summed E-state index contributed by atoms with van der Waals surface area (Å²) in [6.07, 6.45) is 9.89. The zero-order chi connectivity index (χ0) is 23.6. The van der Waals surface area contributed by atoms with Gasteiger partial charge in [-0.3, -0.25) is 14.5 Å². The van der Waals surface area contributed by atoms with Gasteiger partial charge >= 0.3 is 11.9 Å². The molecule has 32 heavy (non-hydrogen) atoms. The normalized spacial score (nSPS) is 16.2. The molecular weight excluding hydrogens is 410 g/mol. The predicted octanol–water partition coefficient (Wildman–Crippen LogP) is 4.63. The largest absolute Gasteiger partial charge is 0.465 e. The number of ether oxygens (including phenoxy) is 2. The van der Waals surface area contributed by atoms with E-state index in [2.05, 4.69) is 10.1 Å². The van der Waals surface area contributed by atoms with Crippen molar-refractivity contribution in [3.63, 3.8) is 0 Å². The number of hydrogen-bond acceptors (Lipinski definition) is 8. The Bertz CT molecular complexity index is 707. The Hall–Kier alpha value is -1.96. The zero-order valence-corrected chi connectivity index (χ0v) is 20.5. The molecule has 1 heterocycles. The molecule has 8 heteroatoms. The van der Waals surface area contributed by atoms with E-state index >= 15 is 0 Å². The summed E-state index contributed by atoms with van der Waals surface area (Å²) < 4.78 is 16.1. The number of hydrogen-bond donors (Lipinski definition) is 0. The first-order valence-corrected chi connectivity index (χ1v) is 12.0. The molecule has 2 rings (SSSR count). The van der Waals surface area contributed by atoms with E-state index in [4.69, 9.17) is 14.0 Å². The van der Waals surface area contributed by atoms with E-state index in [9.17, 15) is 9.59 Å². The van der Waals surface area contributed by atoms with Crippen LogP contribution in [0.25, 0.3) is 0 Å². The summed E-state index contributed by atoms with van der Waals surface area (Å²) in [7, 11) is 1.80. The Morgan fingerprint density at radius 3 is 2.56 bits per heavy atom. The van der Waals surface area contributed by atoms with Gasteiger partial charge in [-0.25, -0.2) is 0 Å². The standard InChI is InChI=1S/C24H41N3O5/c1-6-30-22(29)17-27(5)16-20-25-23(32-26-20)19(15-21(28)31-24(2,3)4)14-10-13-18-11-8-7-9-12-18/h18-19H,6-17H2,1-5H3/t19-/m1/s1. The van der Waals surface area contributed by atoms with E-state index in [1.165, 1.54) is 38.5 Å². The van der Waals surface area contributed by atoms with Crippen molar-refractivity contribution in [2.24, 2.45) is 5.92 Å². The van der Waals surface area contributed by atoms with Crippen molar-refractivity contribution in [1.82, 2.24) is 15.0 Å². The second-order valence-electron chi connectivity index (χ2n) is 9.95. The summed E-state index contributed by atoms with van der Waals surface area (Å²) in [6, 6.07) is 0. The maximum Gasteiger partial charge on any atom is 0.320 e. The minimum atomic E-state index is -0.528. The second-order valence-corrected chi connectivity index (χ2v) is 9.95. The van der Waals surface area contributed by atoms with Crippen LogP contribution < -0.4 is 0 Å². The molecule has 0 aliphatic heterocycles. The zero-order valence-electron chi connectivity index (χ0n) is 20.5. The molecule has 182 valence electrons. The van der Waals surface area contributed by atoms with Gasteiger partial charge in [-0.2, -0.15) is 4.98 Å². The van der Waals surface area contributed by atoms with E-state index in [0.717, 1.165) is 18.8 Å². The lowest BCUT2D eigenvalue weighted by molar-refractivity contribution is -0.155. The highest BCUT2D eigenvalue weighted by Crippen LogP contribution is 2.31. The summed E-state index contributed by atoms with van der Waals surface area (Å²) in [5.74, 6) is 1.06. The second kappa shape index (κ2) is 12.9. The van der Waals surface area contributed by atoms with Crippen LogP contribution in [-0.4, -0.2) is 52.8 Å². The highest BCUT2D eigenvalue weighted by Gasteiger charge is 2.26. The Morgan fingerprint density at radius 2 is 1.91 bits per heavy atom. The van der Waals surface area contributed by atoms with Gasteiger partial charge in [-0.05, 0) is 47.1 Å². The van der Waals surface area contributed by atoms with Gasteiger partial charge in [-0.1, -0.05) is 50.1 Å². The summed E-state index contributed by atoms with van der Waals surface area (Å²) in [4.78, 5) is 30.5. The van der Waals surface area contributed by atoms with Gasteiger partial charge in [0, 0.05) is 5.92 Å². The number of esters is 2. The fraction of sp³-hybridized carbons (Fsp3) is 0.833. The minimum Gasteiger partial charge on any atom is -0.465 e. The summed E-state index contributed by atoms with van der Waals surface area (Å²) in [5.41, 5.74) is -0.528. The maximum atomic E-state index is 12.5. The topological polar surface area (TPSA) is 94.8 Å². The molecule has 0 bridgehead atoms. The van der Waals surface area contributed by atoms with Crippen molar-refractivity contribution in [2.75, 3.05) is 20.2 Å². The van der Waals surface area contributed by atoms with Crippen molar-refractivity contribution in [3.8, 4) is 0 Å². The third-order valence-corrected chi connectivity index (χ3v) is 5.67. The first-order chi connectivity index (χ1) is 15.2. The average Bonchev–Trinajstić information content (AvgIpc) is 3.15. The molecule has 1 aliphatic rings. The lowest BCUT2D eigenvalue weighted by Crippen LogP contribution is -2.27. The molecular formula is C24H41N3O5. The maximum absolute atomic E-state index is 12.5. The smallest absolute Gasteiger partial charge is 0.320 e. The monoisotopic (exact) mass is 451 g/mol. The van der Waals surface area contributed by atoms with Gasteiger partial charge in [-0.15, -0.1) is 0 Å². The fourth-order valence-corrected chi connectivity index (χ4v) is 4.25. The molecule has 1 aromatic heterocycles. The SMILES string of the molecule is CCOC(=O)CN(C)Cc1noc([C@H](CCCC2CCCCC2)CC(=O)OC(C)(C)C)n1. The summed E-state index contributed by atoms with van der Waals surface area (Å²) in [6.45, 7) is 8.26. The number of nitrogens with zero attached hydrogens (tertiary/aromatic N) is 3. The van der Waals surface area contributed by atoms with E-state index in [-0.39, 0.29) is 30.8 Å². The quantitative estimate of drug-likeness (QED) is 0.425. The molecule has 1 aromatic rings. The third kappa shape index (κ3) is 10.1. The third-order valence-electron chi connectivity index (χ3n) is 5.67. The molecule has 0 aromatic carbocycles. The van der Waals surface area contributed by atoms with E-state index in [1.807, 2.05) is 20.8 Å². The van der Waals surface area contributed by atoms with Crippen LogP contribution in [0.15, 0.2) is 4.52 Å². The predicted molar refractivity (Wildman–Crippen MR) is 121 cm³/mol. The van der Waals surface area contributed by atoms with Crippen LogP contribution in [0.3, 0.4) is 0 Å². The average molecular weight is 452 g/mol. The van der Waals surface area contributed by atoms with Crippen molar-refractivity contribution in [3.05, 3.63) is 11.7 Å². The van der Waals surface area contributed by atoms with Crippen LogP contribution in [0.4, 0.5) is 0 Å².